The largest absolute Gasteiger partial charge is 0.395 e. The molecule has 0 radical (unpaired) electrons. The lowest BCUT2D eigenvalue weighted by Gasteiger charge is -2.56. The molecule has 0 atom stereocenters. The predicted octanol–water partition coefficient (Wildman–Crippen LogP) is 0.753. The summed E-state index contributed by atoms with van der Waals surface area (Å²) in [6.45, 7) is 0.527. The van der Waals surface area contributed by atoms with Gasteiger partial charge in [0.1, 0.15) is 0 Å². The van der Waals surface area contributed by atoms with Crippen LogP contribution in [0.2, 0.25) is 0 Å². The highest BCUT2D eigenvalue weighted by Gasteiger charge is 2.51. The van der Waals surface area contributed by atoms with Crippen LogP contribution in [-0.2, 0) is 4.79 Å². The minimum absolute atomic E-state index is 0.0119. The summed E-state index contributed by atoms with van der Waals surface area (Å²) >= 11 is 0. The molecule has 4 aliphatic rings. The monoisotopic (exact) mass is 309 g/mol. The third-order valence-corrected chi connectivity index (χ3v) is 5.49. The molecule has 6 heteroatoms. The number of carbonyl (C=O) groups excluding carboxylic acids is 2. The fourth-order valence-electron chi connectivity index (χ4n) is 5.12. The van der Waals surface area contributed by atoms with Crippen molar-refractivity contribution in [2.45, 2.75) is 50.5 Å². The van der Waals surface area contributed by atoms with Gasteiger partial charge in [-0.15, -0.1) is 0 Å². The Hall–Kier alpha value is -1.30. The van der Waals surface area contributed by atoms with Crippen LogP contribution in [0.15, 0.2) is 0 Å². The first-order valence-corrected chi connectivity index (χ1v) is 8.52. The summed E-state index contributed by atoms with van der Waals surface area (Å²) in [5, 5.41) is 17.2. The van der Waals surface area contributed by atoms with Gasteiger partial charge in [-0.3, -0.25) is 4.79 Å². The van der Waals surface area contributed by atoms with Gasteiger partial charge in [-0.1, -0.05) is 0 Å². The number of aliphatic hydroxyl groups is 1. The molecule has 3 amide bonds. The zero-order chi connectivity index (χ0) is 15.6. The number of amides is 3. The van der Waals surface area contributed by atoms with Gasteiger partial charge in [-0.2, -0.15) is 0 Å². The van der Waals surface area contributed by atoms with Crippen LogP contribution in [0.1, 0.15) is 44.9 Å². The summed E-state index contributed by atoms with van der Waals surface area (Å²) in [6.07, 6.45) is 7.69. The topological polar surface area (TPSA) is 90.5 Å². The minimum Gasteiger partial charge on any atom is -0.395 e. The van der Waals surface area contributed by atoms with E-state index in [0.29, 0.717) is 6.54 Å². The molecule has 4 saturated carbocycles. The van der Waals surface area contributed by atoms with Crippen LogP contribution >= 0.6 is 0 Å². The standard InChI is InChI=1S/C16H27N3O3/c20-4-3-17-14(21)1-2-18-15(22)19-16-8-11-5-12(9-16)7-13(6-11)10-16/h11-13,20H,1-10H2,(H,17,21)(H2,18,19,22). The second kappa shape index (κ2) is 6.44. The summed E-state index contributed by atoms with van der Waals surface area (Å²) < 4.78 is 0. The Morgan fingerprint density at radius 1 is 0.955 bits per heavy atom. The summed E-state index contributed by atoms with van der Waals surface area (Å²) in [7, 11) is 0. The highest BCUT2D eigenvalue weighted by atomic mass is 16.3. The van der Waals surface area contributed by atoms with Crippen LogP contribution in [0.4, 0.5) is 4.79 Å². The zero-order valence-electron chi connectivity index (χ0n) is 13.1. The Morgan fingerprint density at radius 3 is 2.09 bits per heavy atom. The quantitative estimate of drug-likeness (QED) is 0.584. The van der Waals surface area contributed by atoms with Crippen LogP contribution in [0.5, 0.6) is 0 Å². The first-order valence-electron chi connectivity index (χ1n) is 8.52. The lowest BCUT2D eigenvalue weighted by Crippen LogP contribution is -2.61. The van der Waals surface area contributed by atoms with Crippen LogP contribution < -0.4 is 16.0 Å². The summed E-state index contributed by atoms with van der Waals surface area (Å²) in [5.41, 5.74) is 0.0119. The molecule has 0 aromatic carbocycles. The SMILES string of the molecule is O=C(CCNC(=O)NC12CC3CC(CC(C3)C1)C2)NCCO. The van der Waals surface area contributed by atoms with E-state index < -0.39 is 0 Å². The maximum absolute atomic E-state index is 12.1. The molecular weight excluding hydrogens is 282 g/mol. The molecule has 124 valence electrons. The number of hydrogen-bond donors (Lipinski definition) is 4. The molecule has 4 bridgehead atoms. The van der Waals surface area contributed by atoms with E-state index >= 15 is 0 Å². The molecule has 4 aliphatic carbocycles. The van der Waals surface area contributed by atoms with Crippen molar-refractivity contribution < 1.29 is 14.7 Å². The van der Waals surface area contributed by atoms with Gasteiger partial charge in [-0.05, 0) is 56.3 Å². The molecule has 4 N–H and O–H groups in total. The lowest BCUT2D eigenvalue weighted by molar-refractivity contribution is -0.121. The third-order valence-electron chi connectivity index (χ3n) is 5.49. The minimum atomic E-state index is -0.149. The van der Waals surface area contributed by atoms with Gasteiger partial charge in [0.05, 0.1) is 6.61 Å². The molecule has 0 aromatic heterocycles. The van der Waals surface area contributed by atoms with Gasteiger partial charge in [-0.25, -0.2) is 4.79 Å². The van der Waals surface area contributed by atoms with E-state index in [0.717, 1.165) is 37.0 Å². The van der Waals surface area contributed by atoms with E-state index in [9.17, 15) is 9.59 Å². The molecule has 0 saturated heterocycles. The summed E-state index contributed by atoms with van der Waals surface area (Å²) in [4.78, 5) is 23.5. The third kappa shape index (κ3) is 3.54. The summed E-state index contributed by atoms with van der Waals surface area (Å²) in [5.74, 6) is 2.26. The molecule has 22 heavy (non-hydrogen) atoms. The highest BCUT2D eigenvalue weighted by Crippen LogP contribution is 2.55. The first kappa shape index (κ1) is 15.6. The fourth-order valence-corrected chi connectivity index (χ4v) is 5.12. The summed E-state index contributed by atoms with van der Waals surface area (Å²) in [6, 6.07) is -0.142. The van der Waals surface area contributed by atoms with Crippen molar-refractivity contribution in [3.05, 3.63) is 0 Å². The molecule has 0 aliphatic heterocycles. The number of urea groups is 1. The molecule has 0 aromatic rings. The van der Waals surface area contributed by atoms with Crippen molar-refractivity contribution in [2.24, 2.45) is 17.8 Å². The average molecular weight is 309 g/mol. The van der Waals surface area contributed by atoms with E-state index in [1.165, 1.54) is 19.3 Å². The van der Waals surface area contributed by atoms with Gasteiger partial charge < -0.3 is 21.1 Å². The van der Waals surface area contributed by atoms with Crippen LogP contribution in [0.25, 0.3) is 0 Å². The van der Waals surface area contributed by atoms with Crippen LogP contribution in [0.3, 0.4) is 0 Å². The Balaban J connectivity index is 1.41. The second-order valence-corrected chi connectivity index (χ2v) is 7.40. The molecular formula is C16H27N3O3. The first-order chi connectivity index (χ1) is 10.6. The molecule has 0 spiro atoms. The van der Waals surface area contributed by atoms with Crippen LogP contribution in [0, 0.1) is 17.8 Å². The Labute approximate surface area is 131 Å². The van der Waals surface area contributed by atoms with Gasteiger partial charge in [0.2, 0.25) is 5.91 Å². The number of rotatable bonds is 6. The number of aliphatic hydroxyl groups excluding tert-OH is 1. The van der Waals surface area contributed by atoms with Gasteiger partial charge in [0, 0.05) is 25.0 Å². The van der Waals surface area contributed by atoms with E-state index in [1.807, 2.05) is 0 Å². The van der Waals surface area contributed by atoms with Gasteiger partial charge in [0.25, 0.3) is 0 Å². The number of hydrogen-bond acceptors (Lipinski definition) is 3. The molecule has 6 nitrogen and oxygen atoms in total. The molecule has 0 unspecified atom stereocenters. The van der Waals surface area contributed by atoms with Crippen LogP contribution in [-0.4, -0.2) is 42.3 Å². The van der Waals surface area contributed by atoms with E-state index in [-0.39, 0.29) is 37.0 Å². The van der Waals surface area contributed by atoms with Gasteiger partial charge in [0.15, 0.2) is 0 Å². The zero-order valence-corrected chi connectivity index (χ0v) is 13.1. The second-order valence-electron chi connectivity index (χ2n) is 7.40. The van der Waals surface area contributed by atoms with Crippen molar-refractivity contribution in [3.8, 4) is 0 Å². The fraction of sp³-hybridized carbons (Fsp3) is 0.875. The number of nitrogens with one attached hydrogen (secondary N) is 3. The molecule has 4 fully saturated rings. The molecule has 0 heterocycles. The Bertz CT molecular complexity index is 403. The average Bonchev–Trinajstić information content (AvgIpc) is 2.43. The van der Waals surface area contributed by atoms with E-state index in [2.05, 4.69) is 16.0 Å². The van der Waals surface area contributed by atoms with Crippen molar-refractivity contribution in [3.63, 3.8) is 0 Å². The highest BCUT2D eigenvalue weighted by molar-refractivity contribution is 5.78. The maximum atomic E-state index is 12.1. The van der Waals surface area contributed by atoms with Gasteiger partial charge >= 0.3 is 6.03 Å². The predicted molar refractivity (Wildman–Crippen MR) is 82.1 cm³/mol. The Morgan fingerprint density at radius 2 is 1.55 bits per heavy atom. The van der Waals surface area contributed by atoms with Crippen molar-refractivity contribution in [1.82, 2.24) is 16.0 Å². The van der Waals surface area contributed by atoms with Crippen molar-refractivity contribution in [2.75, 3.05) is 19.7 Å². The normalized spacial score (nSPS) is 35.2. The van der Waals surface area contributed by atoms with Crippen molar-refractivity contribution >= 4 is 11.9 Å². The smallest absolute Gasteiger partial charge is 0.315 e. The molecule has 4 rings (SSSR count). The maximum Gasteiger partial charge on any atom is 0.315 e. The van der Waals surface area contributed by atoms with E-state index in [4.69, 9.17) is 5.11 Å². The van der Waals surface area contributed by atoms with E-state index in [1.54, 1.807) is 0 Å². The number of carbonyl (C=O) groups is 2. The van der Waals surface area contributed by atoms with Crippen molar-refractivity contribution in [1.29, 1.82) is 0 Å². The Kier molecular flexibility index (Phi) is 4.57. The lowest BCUT2D eigenvalue weighted by atomic mass is 9.53.